The van der Waals surface area contributed by atoms with E-state index in [4.69, 9.17) is 4.74 Å². The number of carbonyl (C=O) groups is 1. The number of nitrogens with zero attached hydrogens (tertiary/aromatic N) is 3. The van der Waals surface area contributed by atoms with E-state index in [1.807, 2.05) is 17.2 Å². The number of aromatic nitrogens is 1. The van der Waals surface area contributed by atoms with Crippen LogP contribution >= 0.6 is 0 Å². The maximum Gasteiger partial charge on any atom is 0.317 e. The first-order valence-electron chi connectivity index (χ1n) is 10.1. The van der Waals surface area contributed by atoms with Gasteiger partial charge in [0.15, 0.2) is 0 Å². The third-order valence-electron chi connectivity index (χ3n) is 5.66. The summed E-state index contributed by atoms with van der Waals surface area (Å²) in [5, 5.41) is 3.12. The number of urea groups is 1. The maximum absolute atomic E-state index is 12.7. The molecule has 1 atom stereocenters. The van der Waals surface area contributed by atoms with Crippen LogP contribution < -0.4 is 10.2 Å². The summed E-state index contributed by atoms with van der Waals surface area (Å²) in [5.41, 5.74) is 1.12. The highest BCUT2D eigenvalue weighted by Crippen LogP contribution is 2.29. The van der Waals surface area contributed by atoms with Crippen molar-refractivity contribution in [2.24, 2.45) is 5.92 Å². The molecule has 142 valence electrons. The zero-order valence-electron chi connectivity index (χ0n) is 15.5. The summed E-state index contributed by atoms with van der Waals surface area (Å²) >= 11 is 0. The van der Waals surface area contributed by atoms with Crippen molar-refractivity contribution in [3.05, 3.63) is 23.9 Å². The predicted octanol–water partition coefficient (Wildman–Crippen LogP) is 2.78. The number of piperidine rings is 1. The predicted molar refractivity (Wildman–Crippen MR) is 101 cm³/mol. The number of hydrogen-bond acceptors (Lipinski definition) is 4. The highest BCUT2D eigenvalue weighted by Gasteiger charge is 2.34. The summed E-state index contributed by atoms with van der Waals surface area (Å²) in [6, 6.07) is 4.62. The van der Waals surface area contributed by atoms with Gasteiger partial charge in [-0.1, -0.05) is 0 Å². The molecule has 0 radical (unpaired) electrons. The molecule has 1 unspecified atom stereocenters. The molecule has 2 saturated heterocycles. The van der Waals surface area contributed by atoms with Gasteiger partial charge in [0.2, 0.25) is 0 Å². The van der Waals surface area contributed by atoms with Gasteiger partial charge in [0.05, 0.1) is 6.61 Å². The van der Waals surface area contributed by atoms with E-state index >= 15 is 0 Å². The Kier molecular flexibility index (Phi) is 5.58. The van der Waals surface area contributed by atoms with Crippen molar-refractivity contribution in [1.29, 1.82) is 0 Å². The third kappa shape index (κ3) is 4.47. The van der Waals surface area contributed by atoms with Crippen LogP contribution in [0.3, 0.4) is 0 Å². The van der Waals surface area contributed by atoms with Crippen LogP contribution in [0, 0.1) is 5.92 Å². The van der Waals surface area contributed by atoms with Gasteiger partial charge >= 0.3 is 6.03 Å². The average molecular weight is 358 g/mol. The Bertz CT molecular complexity index is 608. The monoisotopic (exact) mass is 358 g/mol. The van der Waals surface area contributed by atoms with Crippen LogP contribution in [-0.4, -0.2) is 54.8 Å². The van der Waals surface area contributed by atoms with Gasteiger partial charge in [-0.3, -0.25) is 0 Å². The normalized spacial score (nSPS) is 23.1. The molecular formula is C20H30N4O2. The highest BCUT2D eigenvalue weighted by atomic mass is 16.5. The number of nitrogens with one attached hydrogen (secondary N) is 1. The Morgan fingerprint density at radius 3 is 2.85 bits per heavy atom. The van der Waals surface area contributed by atoms with Crippen LogP contribution in [0.25, 0.3) is 0 Å². The average Bonchev–Trinajstić information content (AvgIpc) is 3.40. The number of pyridine rings is 1. The van der Waals surface area contributed by atoms with Crippen molar-refractivity contribution >= 4 is 11.8 Å². The summed E-state index contributed by atoms with van der Waals surface area (Å²) in [5.74, 6) is 1.53. The summed E-state index contributed by atoms with van der Waals surface area (Å²) in [4.78, 5) is 21.6. The Labute approximate surface area is 155 Å². The SMILES string of the molecule is O=C(NCc1ccnc(N2CCCCC2)c1)N(CC1CCOC1)C1CC1. The fourth-order valence-corrected chi connectivity index (χ4v) is 3.94. The summed E-state index contributed by atoms with van der Waals surface area (Å²) < 4.78 is 5.47. The van der Waals surface area contributed by atoms with Crippen molar-refractivity contribution in [2.45, 2.75) is 51.1 Å². The van der Waals surface area contributed by atoms with E-state index in [9.17, 15) is 4.79 Å². The standard InChI is InChI=1S/C20H30N4O2/c25-20(24(18-4-5-18)14-17-7-11-26-15-17)22-13-16-6-8-21-19(12-16)23-9-2-1-3-10-23/h6,8,12,17-18H,1-5,7,9-11,13-15H2,(H,22,25). The molecule has 2 aliphatic heterocycles. The Hall–Kier alpha value is -1.82. The molecule has 1 aromatic heterocycles. The second-order valence-corrected chi connectivity index (χ2v) is 7.84. The molecule has 0 aromatic carbocycles. The van der Waals surface area contributed by atoms with E-state index in [0.717, 1.165) is 63.5 Å². The number of rotatable bonds is 6. The molecule has 1 saturated carbocycles. The lowest BCUT2D eigenvalue weighted by atomic mass is 10.1. The molecule has 0 spiro atoms. The first-order chi connectivity index (χ1) is 12.8. The van der Waals surface area contributed by atoms with Gasteiger partial charge < -0.3 is 19.9 Å². The van der Waals surface area contributed by atoms with Crippen molar-refractivity contribution < 1.29 is 9.53 Å². The minimum atomic E-state index is 0.0655. The molecule has 26 heavy (non-hydrogen) atoms. The smallest absolute Gasteiger partial charge is 0.317 e. The van der Waals surface area contributed by atoms with Gasteiger partial charge in [-0.05, 0) is 56.2 Å². The van der Waals surface area contributed by atoms with Gasteiger partial charge in [0.25, 0.3) is 0 Å². The van der Waals surface area contributed by atoms with E-state index < -0.39 is 0 Å². The molecule has 6 heteroatoms. The Morgan fingerprint density at radius 2 is 2.12 bits per heavy atom. The summed E-state index contributed by atoms with van der Waals surface area (Å²) in [7, 11) is 0. The zero-order chi connectivity index (χ0) is 17.8. The van der Waals surface area contributed by atoms with E-state index in [1.165, 1.54) is 19.3 Å². The lowest BCUT2D eigenvalue weighted by Gasteiger charge is -2.28. The van der Waals surface area contributed by atoms with Crippen molar-refractivity contribution in [2.75, 3.05) is 37.7 Å². The first kappa shape index (κ1) is 17.6. The second kappa shape index (κ2) is 8.25. The maximum atomic E-state index is 12.7. The molecule has 3 fully saturated rings. The molecule has 3 aliphatic rings. The second-order valence-electron chi connectivity index (χ2n) is 7.84. The molecule has 3 heterocycles. The van der Waals surface area contributed by atoms with Crippen LogP contribution in [0.1, 0.15) is 44.1 Å². The van der Waals surface area contributed by atoms with E-state index in [0.29, 0.717) is 18.5 Å². The van der Waals surface area contributed by atoms with E-state index in [-0.39, 0.29) is 6.03 Å². The Balaban J connectivity index is 1.32. The molecular weight excluding hydrogens is 328 g/mol. The molecule has 2 amide bonds. The van der Waals surface area contributed by atoms with Crippen LogP contribution in [-0.2, 0) is 11.3 Å². The van der Waals surface area contributed by atoms with E-state index in [2.05, 4.69) is 21.3 Å². The van der Waals surface area contributed by atoms with Gasteiger partial charge in [-0.25, -0.2) is 9.78 Å². The lowest BCUT2D eigenvalue weighted by molar-refractivity contribution is 0.162. The fraction of sp³-hybridized carbons (Fsp3) is 0.700. The highest BCUT2D eigenvalue weighted by molar-refractivity contribution is 5.75. The van der Waals surface area contributed by atoms with Crippen LogP contribution in [0.2, 0.25) is 0 Å². The van der Waals surface area contributed by atoms with Crippen molar-refractivity contribution in [3.8, 4) is 0 Å². The van der Waals surface area contributed by atoms with Crippen LogP contribution in [0.5, 0.6) is 0 Å². The molecule has 1 aromatic rings. The van der Waals surface area contributed by atoms with Crippen molar-refractivity contribution in [1.82, 2.24) is 15.2 Å². The largest absolute Gasteiger partial charge is 0.381 e. The zero-order valence-corrected chi connectivity index (χ0v) is 15.5. The van der Waals surface area contributed by atoms with E-state index in [1.54, 1.807) is 0 Å². The third-order valence-corrected chi connectivity index (χ3v) is 5.66. The van der Waals surface area contributed by atoms with Gasteiger partial charge in [0.1, 0.15) is 5.82 Å². The number of anilines is 1. The topological polar surface area (TPSA) is 57.7 Å². The fourth-order valence-electron chi connectivity index (χ4n) is 3.94. The Morgan fingerprint density at radius 1 is 1.27 bits per heavy atom. The van der Waals surface area contributed by atoms with Crippen LogP contribution in [0.4, 0.5) is 10.6 Å². The number of hydrogen-bond donors (Lipinski definition) is 1. The molecule has 1 N–H and O–H groups in total. The minimum Gasteiger partial charge on any atom is -0.381 e. The van der Waals surface area contributed by atoms with Gasteiger partial charge in [0, 0.05) is 50.9 Å². The van der Waals surface area contributed by atoms with Crippen LogP contribution in [0.15, 0.2) is 18.3 Å². The van der Waals surface area contributed by atoms with Gasteiger partial charge in [-0.15, -0.1) is 0 Å². The summed E-state index contributed by atoms with van der Waals surface area (Å²) in [6.45, 7) is 5.18. The summed E-state index contributed by atoms with van der Waals surface area (Å²) in [6.07, 6.45) is 8.99. The lowest BCUT2D eigenvalue weighted by Crippen LogP contribution is -2.43. The number of carbonyl (C=O) groups excluding carboxylic acids is 1. The number of ether oxygens (including phenoxy) is 1. The first-order valence-corrected chi connectivity index (χ1v) is 10.1. The molecule has 0 bridgehead atoms. The molecule has 1 aliphatic carbocycles. The minimum absolute atomic E-state index is 0.0655. The quantitative estimate of drug-likeness (QED) is 0.850. The van der Waals surface area contributed by atoms with Crippen molar-refractivity contribution in [3.63, 3.8) is 0 Å². The molecule has 4 rings (SSSR count). The van der Waals surface area contributed by atoms with Gasteiger partial charge in [-0.2, -0.15) is 0 Å². The molecule has 6 nitrogen and oxygen atoms in total. The number of amides is 2.